The Labute approximate surface area is 232 Å². The highest BCUT2D eigenvalue weighted by Gasteiger charge is 2.29. The summed E-state index contributed by atoms with van der Waals surface area (Å²) in [6.45, 7) is 2.00. The number of pyridine rings is 1. The summed E-state index contributed by atoms with van der Waals surface area (Å²) in [4.78, 5) is 31.0. The fourth-order valence-corrected chi connectivity index (χ4v) is 4.96. The SMILES string of the molecule is COC(=O)c1c(NC(=O)C2CCOC2)c2cc(NCc3ccc(Cl)cc3)cnc2n1CCCc1ccccc1. The maximum atomic E-state index is 13.2. The van der Waals surface area contributed by atoms with Gasteiger partial charge in [-0.2, -0.15) is 0 Å². The maximum Gasteiger partial charge on any atom is 0.356 e. The summed E-state index contributed by atoms with van der Waals surface area (Å²) in [5.74, 6) is -0.979. The third-order valence-electron chi connectivity index (χ3n) is 6.93. The number of esters is 1. The first-order valence-electron chi connectivity index (χ1n) is 13.0. The minimum atomic E-state index is -0.527. The summed E-state index contributed by atoms with van der Waals surface area (Å²) in [7, 11) is 1.34. The molecule has 0 saturated carbocycles. The van der Waals surface area contributed by atoms with E-state index in [1.807, 2.05) is 53.1 Å². The first kappa shape index (κ1) is 26.7. The summed E-state index contributed by atoms with van der Waals surface area (Å²) in [6.07, 6.45) is 3.99. The average Bonchev–Trinajstić information content (AvgIpc) is 3.60. The van der Waals surface area contributed by atoms with Crippen LogP contribution in [0.25, 0.3) is 11.0 Å². The van der Waals surface area contributed by atoms with Crippen molar-refractivity contribution in [2.45, 2.75) is 32.4 Å². The maximum absolute atomic E-state index is 13.2. The molecule has 1 aliphatic rings. The molecule has 1 fully saturated rings. The Bertz CT molecular complexity index is 1450. The number of methoxy groups -OCH3 is 1. The molecular weight excluding hydrogens is 516 g/mol. The monoisotopic (exact) mass is 546 g/mol. The number of aromatic nitrogens is 2. The molecule has 0 aliphatic carbocycles. The van der Waals surface area contributed by atoms with Gasteiger partial charge in [-0.05, 0) is 48.6 Å². The summed E-state index contributed by atoms with van der Waals surface area (Å²) in [6, 6.07) is 19.7. The van der Waals surface area contributed by atoms with Crippen molar-refractivity contribution in [2.75, 3.05) is 31.0 Å². The normalized spacial score (nSPS) is 14.9. The predicted octanol–water partition coefficient (Wildman–Crippen LogP) is 5.70. The number of carbonyl (C=O) groups excluding carboxylic acids is 2. The van der Waals surface area contributed by atoms with Gasteiger partial charge in [-0.15, -0.1) is 0 Å². The molecule has 202 valence electrons. The Morgan fingerprint density at radius 1 is 1.13 bits per heavy atom. The number of hydrogen-bond donors (Lipinski definition) is 2. The van der Waals surface area contributed by atoms with Crippen LogP contribution in [0.4, 0.5) is 11.4 Å². The second kappa shape index (κ2) is 12.3. The molecule has 8 nitrogen and oxygen atoms in total. The van der Waals surface area contributed by atoms with Gasteiger partial charge in [0.05, 0.1) is 37.2 Å². The van der Waals surface area contributed by atoms with E-state index >= 15 is 0 Å². The van der Waals surface area contributed by atoms with Gasteiger partial charge in [0.15, 0.2) is 5.69 Å². The Kier molecular flexibility index (Phi) is 8.44. The van der Waals surface area contributed by atoms with Crippen LogP contribution in [0.5, 0.6) is 0 Å². The van der Waals surface area contributed by atoms with E-state index in [9.17, 15) is 9.59 Å². The van der Waals surface area contributed by atoms with Crippen LogP contribution in [0.15, 0.2) is 66.9 Å². The van der Waals surface area contributed by atoms with Crippen molar-refractivity contribution in [3.05, 3.63) is 88.7 Å². The number of nitrogens with zero attached hydrogens (tertiary/aromatic N) is 2. The van der Waals surface area contributed by atoms with Crippen LogP contribution < -0.4 is 10.6 Å². The molecule has 4 aromatic rings. The van der Waals surface area contributed by atoms with Crippen molar-refractivity contribution < 1.29 is 19.1 Å². The van der Waals surface area contributed by atoms with Crippen LogP contribution in [-0.4, -0.2) is 41.8 Å². The van der Waals surface area contributed by atoms with Gasteiger partial charge in [0.25, 0.3) is 0 Å². The molecule has 0 spiro atoms. The Morgan fingerprint density at radius 2 is 1.92 bits per heavy atom. The topological polar surface area (TPSA) is 94.5 Å². The summed E-state index contributed by atoms with van der Waals surface area (Å²) < 4.78 is 12.4. The second-order valence-electron chi connectivity index (χ2n) is 9.58. The molecule has 39 heavy (non-hydrogen) atoms. The second-order valence-corrected chi connectivity index (χ2v) is 10.0. The Balaban J connectivity index is 1.49. The van der Waals surface area contributed by atoms with Crippen LogP contribution in [-0.2, 0) is 33.8 Å². The number of fused-ring (bicyclic) bond motifs is 1. The van der Waals surface area contributed by atoms with Crippen LogP contribution in [0, 0.1) is 5.92 Å². The lowest BCUT2D eigenvalue weighted by molar-refractivity contribution is -0.119. The number of rotatable bonds is 10. The van der Waals surface area contributed by atoms with Gasteiger partial charge in [0.1, 0.15) is 5.65 Å². The van der Waals surface area contributed by atoms with Gasteiger partial charge in [-0.1, -0.05) is 54.1 Å². The van der Waals surface area contributed by atoms with Gasteiger partial charge in [0, 0.05) is 30.1 Å². The molecular formula is C30H31ClN4O4. The molecule has 1 unspecified atom stereocenters. The fraction of sp³-hybridized carbons (Fsp3) is 0.300. The number of aryl methyl sites for hydroxylation is 2. The number of halogens is 1. The lowest BCUT2D eigenvalue weighted by Crippen LogP contribution is -2.24. The third kappa shape index (κ3) is 6.24. The van der Waals surface area contributed by atoms with Crippen molar-refractivity contribution in [1.29, 1.82) is 0 Å². The highest BCUT2D eigenvalue weighted by atomic mass is 35.5. The molecule has 9 heteroatoms. The minimum Gasteiger partial charge on any atom is -0.464 e. The Hall–Kier alpha value is -3.88. The molecule has 1 saturated heterocycles. The quantitative estimate of drug-likeness (QED) is 0.248. The zero-order chi connectivity index (χ0) is 27.2. The molecule has 0 radical (unpaired) electrons. The van der Waals surface area contributed by atoms with E-state index in [-0.39, 0.29) is 17.5 Å². The lowest BCUT2D eigenvalue weighted by atomic mass is 10.1. The van der Waals surface area contributed by atoms with E-state index in [0.29, 0.717) is 54.5 Å². The molecule has 3 heterocycles. The van der Waals surface area contributed by atoms with Crippen LogP contribution >= 0.6 is 11.6 Å². The highest BCUT2D eigenvalue weighted by Crippen LogP contribution is 2.34. The third-order valence-corrected chi connectivity index (χ3v) is 7.18. The van der Waals surface area contributed by atoms with Gasteiger partial charge in [0.2, 0.25) is 5.91 Å². The average molecular weight is 547 g/mol. The van der Waals surface area contributed by atoms with Crippen molar-refractivity contribution in [1.82, 2.24) is 9.55 Å². The molecule has 1 aliphatic heterocycles. The molecule has 1 amide bonds. The van der Waals surface area contributed by atoms with Crippen molar-refractivity contribution in [3.8, 4) is 0 Å². The number of benzene rings is 2. The number of anilines is 2. The highest BCUT2D eigenvalue weighted by molar-refractivity contribution is 6.30. The van der Waals surface area contributed by atoms with Gasteiger partial charge < -0.3 is 24.7 Å². The molecule has 5 rings (SSSR count). The number of ether oxygens (including phenoxy) is 2. The van der Waals surface area contributed by atoms with E-state index in [2.05, 4.69) is 22.8 Å². The zero-order valence-corrected chi connectivity index (χ0v) is 22.5. The van der Waals surface area contributed by atoms with Crippen molar-refractivity contribution in [2.24, 2.45) is 5.92 Å². The smallest absolute Gasteiger partial charge is 0.356 e. The first-order valence-corrected chi connectivity index (χ1v) is 13.4. The standard InChI is InChI=1S/C30H31ClN4O4/c1-38-30(37)27-26(34-29(36)22-13-15-39-19-22)25-16-24(32-17-21-9-11-23(31)12-10-21)18-33-28(25)35(27)14-5-8-20-6-3-2-4-7-20/h2-4,6-7,9-12,16,18,22,32H,5,8,13-15,17,19H2,1H3,(H,34,36). The zero-order valence-electron chi connectivity index (χ0n) is 21.8. The van der Waals surface area contributed by atoms with Crippen LogP contribution in [0.3, 0.4) is 0 Å². The van der Waals surface area contributed by atoms with Crippen molar-refractivity contribution >= 4 is 45.9 Å². The van der Waals surface area contributed by atoms with E-state index in [4.69, 9.17) is 26.1 Å². The number of amides is 1. The lowest BCUT2D eigenvalue weighted by Gasteiger charge is -2.12. The number of nitrogens with one attached hydrogen (secondary N) is 2. The summed E-state index contributed by atoms with van der Waals surface area (Å²) in [5.41, 5.74) is 4.34. The first-order chi connectivity index (χ1) is 19.0. The fourth-order valence-electron chi connectivity index (χ4n) is 4.83. The van der Waals surface area contributed by atoms with Gasteiger partial charge >= 0.3 is 5.97 Å². The van der Waals surface area contributed by atoms with Crippen molar-refractivity contribution in [3.63, 3.8) is 0 Å². The number of hydrogen-bond acceptors (Lipinski definition) is 6. The minimum absolute atomic E-state index is 0.180. The molecule has 2 aromatic carbocycles. The molecule has 2 N–H and O–H groups in total. The van der Waals surface area contributed by atoms with E-state index in [1.54, 1.807) is 6.20 Å². The molecule has 0 bridgehead atoms. The van der Waals surface area contributed by atoms with E-state index in [0.717, 1.165) is 24.1 Å². The molecule has 1 atom stereocenters. The summed E-state index contributed by atoms with van der Waals surface area (Å²) in [5, 5.41) is 7.75. The molecule has 2 aromatic heterocycles. The van der Waals surface area contributed by atoms with Crippen LogP contribution in [0.2, 0.25) is 5.02 Å². The number of carbonyl (C=O) groups is 2. The Morgan fingerprint density at radius 3 is 2.64 bits per heavy atom. The van der Waals surface area contributed by atoms with E-state index < -0.39 is 5.97 Å². The largest absolute Gasteiger partial charge is 0.464 e. The van der Waals surface area contributed by atoms with Crippen LogP contribution in [0.1, 0.15) is 34.5 Å². The van der Waals surface area contributed by atoms with E-state index in [1.165, 1.54) is 12.7 Å². The van der Waals surface area contributed by atoms with Gasteiger partial charge in [-0.3, -0.25) is 4.79 Å². The van der Waals surface area contributed by atoms with Gasteiger partial charge in [-0.25, -0.2) is 9.78 Å². The predicted molar refractivity (Wildman–Crippen MR) is 152 cm³/mol. The summed E-state index contributed by atoms with van der Waals surface area (Å²) >= 11 is 6.01.